The number of aryl methyl sites for hydroxylation is 1. The number of halogens is 1. The molecule has 0 aliphatic carbocycles. The average molecular weight is 490 g/mol. The van der Waals surface area contributed by atoms with Crippen molar-refractivity contribution in [3.8, 4) is 0 Å². The Hall–Kier alpha value is -0.870. The largest absolute Gasteiger partial charge is 0.370 e. The number of hydrogen-bond acceptors (Lipinski definition) is 4. The summed E-state index contributed by atoms with van der Waals surface area (Å²) in [6, 6.07) is 0. The third-order valence-corrected chi connectivity index (χ3v) is 5.57. The molecule has 1 N–H and O–H groups in total. The van der Waals surface area contributed by atoms with Crippen molar-refractivity contribution in [2.75, 3.05) is 46.4 Å². The van der Waals surface area contributed by atoms with Crippen molar-refractivity contribution in [1.82, 2.24) is 24.9 Å². The fourth-order valence-electron chi connectivity index (χ4n) is 3.89. The molecule has 2 saturated heterocycles. The lowest BCUT2D eigenvalue weighted by molar-refractivity contribution is -0.00836. The molecular formula is C19H35IN6O. The van der Waals surface area contributed by atoms with E-state index in [1.165, 1.54) is 32.4 Å². The first kappa shape index (κ1) is 22.4. The molecule has 1 aromatic rings. The van der Waals surface area contributed by atoms with Gasteiger partial charge in [0.1, 0.15) is 6.10 Å². The minimum Gasteiger partial charge on any atom is -0.370 e. The lowest BCUT2D eigenvalue weighted by atomic mass is 9.98. The number of aliphatic imine (C=N–C) groups is 1. The van der Waals surface area contributed by atoms with Gasteiger partial charge in [-0.05, 0) is 39.8 Å². The van der Waals surface area contributed by atoms with Crippen molar-refractivity contribution >= 4 is 29.9 Å². The molecule has 0 saturated carbocycles. The van der Waals surface area contributed by atoms with Gasteiger partial charge in [0.15, 0.2) is 5.96 Å². The van der Waals surface area contributed by atoms with Gasteiger partial charge in [-0.3, -0.25) is 14.6 Å². The van der Waals surface area contributed by atoms with Crippen LogP contribution in [0.25, 0.3) is 0 Å². The second-order valence-corrected chi connectivity index (χ2v) is 8.01. The lowest BCUT2D eigenvalue weighted by Crippen LogP contribution is -2.56. The smallest absolute Gasteiger partial charge is 0.193 e. The van der Waals surface area contributed by atoms with Crippen LogP contribution in [0.2, 0.25) is 0 Å². The van der Waals surface area contributed by atoms with Crippen LogP contribution in [0, 0.1) is 0 Å². The molecule has 3 rings (SSSR count). The van der Waals surface area contributed by atoms with Gasteiger partial charge in [-0.2, -0.15) is 5.10 Å². The fraction of sp³-hybridized carbons (Fsp3) is 0.789. The Morgan fingerprint density at radius 2 is 2.04 bits per heavy atom. The molecule has 1 atom stereocenters. The Bertz CT molecular complexity index is 611. The van der Waals surface area contributed by atoms with Gasteiger partial charge in [0, 0.05) is 44.5 Å². The molecule has 3 heterocycles. The van der Waals surface area contributed by atoms with Gasteiger partial charge in [-0.25, -0.2) is 0 Å². The molecule has 2 fully saturated rings. The number of nitrogens with one attached hydrogen (secondary N) is 1. The molecule has 0 aromatic carbocycles. The summed E-state index contributed by atoms with van der Waals surface area (Å²) in [5, 5.41) is 7.88. The number of morpholine rings is 1. The maximum atomic E-state index is 5.96. The molecule has 2 aliphatic rings. The Labute approximate surface area is 180 Å². The van der Waals surface area contributed by atoms with Gasteiger partial charge >= 0.3 is 0 Å². The molecule has 1 aromatic heterocycles. The zero-order valence-electron chi connectivity index (χ0n) is 17.1. The van der Waals surface area contributed by atoms with Crippen LogP contribution in [-0.4, -0.2) is 77.5 Å². The van der Waals surface area contributed by atoms with Crippen LogP contribution in [0.15, 0.2) is 17.4 Å². The maximum absolute atomic E-state index is 5.96. The molecule has 8 heteroatoms. The van der Waals surface area contributed by atoms with Crippen molar-refractivity contribution < 1.29 is 4.74 Å². The molecule has 154 valence electrons. The SMILES string of the molecule is CN=C(NCC(C)(C)N1CCCCC1)N1CCOC(c2cnn(C)c2)C1.I. The van der Waals surface area contributed by atoms with Crippen LogP contribution in [0.1, 0.15) is 44.8 Å². The van der Waals surface area contributed by atoms with Gasteiger partial charge in [-0.1, -0.05) is 6.42 Å². The standard InChI is InChI=1S/C19H34N6O.HI/c1-19(2,25-8-6-5-7-9-25)15-21-18(20-3)24-10-11-26-17(14-24)16-12-22-23(4)13-16;/h12-13,17H,5-11,14-15H2,1-4H3,(H,20,21);1H. The van der Waals surface area contributed by atoms with Gasteiger partial charge in [0.2, 0.25) is 0 Å². The second kappa shape index (κ2) is 10.1. The van der Waals surface area contributed by atoms with E-state index in [-0.39, 0.29) is 35.6 Å². The van der Waals surface area contributed by atoms with Crippen molar-refractivity contribution in [1.29, 1.82) is 0 Å². The topological polar surface area (TPSA) is 57.9 Å². The van der Waals surface area contributed by atoms with Gasteiger partial charge in [0.25, 0.3) is 0 Å². The molecule has 7 nitrogen and oxygen atoms in total. The summed E-state index contributed by atoms with van der Waals surface area (Å²) in [6.07, 6.45) is 7.97. The van der Waals surface area contributed by atoms with Crippen molar-refractivity contribution in [2.24, 2.45) is 12.0 Å². The van der Waals surface area contributed by atoms with E-state index in [1.807, 2.05) is 31.2 Å². The van der Waals surface area contributed by atoms with E-state index in [2.05, 4.69) is 39.1 Å². The summed E-state index contributed by atoms with van der Waals surface area (Å²) in [4.78, 5) is 9.43. The highest BCUT2D eigenvalue weighted by atomic mass is 127. The first-order valence-electron chi connectivity index (χ1n) is 9.80. The summed E-state index contributed by atoms with van der Waals surface area (Å²) >= 11 is 0. The van der Waals surface area contributed by atoms with Gasteiger partial charge in [-0.15, -0.1) is 24.0 Å². The molecule has 27 heavy (non-hydrogen) atoms. The Kier molecular flexibility index (Phi) is 8.36. The van der Waals surface area contributed by atoms with Crippen LogP contribution in [0.4, 0.5) is 0 Å². The summed E-state index contributed by atoms with van der Waals surface area (Å²) in [5.41, 5.74) is 1.26. The van der Waals surface area contributed by atoms with Crippen LogP contribution in [0.3, 0.4) is 0 Å². The van der Waals surface area contributed by atoms with E-state index >= 15 is 0 Å². The number of ether oxygens (including phenoxy) is 1. The van der Waals surface area contributed by atoms with Gasteiger partial charge < -0.3 is 15.0 Å². The summed E-state index contributed by atoms with van der Waals surface area (Å²) < 4.78 is 7.78. The third kappa shape index (κ3) is 5.80. The van der Waals surface area contributed by atoms with E-state index in [4.69, 9.17) is 4.74 Å². The normalized spacial score (nSPS) is 22.4. The number of nitrogens with zero attached hydrogens (tertiary/aromatic N) is 5. The van der Waals surface area contributed by atoms with Crippen LogP contribution < -0.4 is 5.32 Å². The molecule has 2 aliphatic heterocycles. The second-order valence-electron chi connectivity index (χ2n) is 8.01. The van der Waals surface area contributed by atoms with Crippen molar-refractivity contribution in [3.63, 3.8) is 0 Å². The molecule has 0 amide bonds. The predicted molar refractivity (Wildman–Crippen MR) is 120 cm³/mol. The van der Waals surface area contributed by atoms with E-state index in [1.54, 1.807) is 0 Å². The molecular weight excluding hydrogens is 455 g/mol. The quantitative estimate of drug-likeness (QED) is 0.399. The highest BCUT2D eigenvalue weighted by molar-refractivity contribution is 14.0. The van der Waals surface area contributed by atoms with Crippen molar-refractivity contribution in [2.45, 2.75) is 44.8 Å². The molecule has 0 radical (unpaired) electrons. The van der Waals surface area contributed by atoms with E-state index in [0.29, 0.717) is 6.61 Å². The summed E-state index contributed by atoms with van der Waals surface area (Å²) in [7, 11) is 3.80. The summed E-state index contributed by atoms with van der Waals surface area (Å²) in [5.74, 6) is 0.965. The average Bonchev–Trinajstić information content (AvgIpc) is 3.10. The number of hydrogen-bond donors (Lipinski definition) is 1. The maximum Gasteiger partial charge on any atom is 0.193 e. The molecule has 0 spiro atoms. The number of guanidine groups is 1. The fourth-order valence-corrected chi connectivity index (χ4v) is 3.89. The highest BCUT2D eigenvalue weighted by Crippen LogP contribution is 2.22. The number of rotatable bonds is 4. The first-order valence-corrected chi connectivity index (χ1v) is 9.80. The third-order valence-electron chi connectivity index (χ3n) is 5.57. The Balaban J connectivity index is 0.00000261. The van der Waals surface area contributed by atoms with E-state index in [9.17, 15) is 0 Å². The first-order chi connectivity index (χ1) is 12.5. The Morgan fingerprint density at radius 1 is 1.30 bits per heavy atom. The highest BCUT2D eigenvalue weighted by Gasteiger charge is 2.30. The number of aromatic nitrogens is 2. The van der Waals surface area contributed by atoms with Gasteiger partial charge in [0.05, 0.1) is 19.3 Å². The molecule has 1 unspecified atom stereocenters. The van der Waals surface area contributed by atoms with E-state index in [0.717, 1.165) is 31.2 Å². The van der Waals surface area contributed by atoms with Crippen LogP contribution >= 0.6 is 24.0 Å². The zero-order valence-corrected chi connectivity index (χ0v) is 19.5. The van der Waals surface area contributed by atoms with Crippen molar-refractivity contribution in [3.05, 3.63) is 18.0 Å². The zero-order chi connectivity index (χ0) is 18.6. The lowest BCUT2D eigenvalue weighted by Gasteiger charge is -2.42. The monoisotopic (exact) mass is 490 g/mol. The van der Waals surface area contributed by atoms with E-state index < -0.39 is 0 Å². The van der Waals surface area contributed by atoms with Crippen LogP contribution in [-0.2, 0) is 11.8 Å². The predicted octanol–water partition coefficient (Wildman–Crippen LogP) is 2.25. The van der Waals surface area contributed by atoms with Crippen LogP contribution in [0.5, 0.6) is 0 Å². The minimum absolute atomic E-state index is 0. The Morgan fingerprint density at radius 3 is 2.67 bits per heavy atom. The molecule has 0 bridgehead atoms. The number of likely N-dealkylation sites (tertiary alicyclic amines) is 1. The minimum atomic E-state index is 0. The summed E-state index contributed by atoms with van der Waals surface area (Å²) in [6.45, 7) is 10.3. The number of piperidine rings is 1.